The molecule has 1 saturated carbocycles. The first-order valence-electron chi connectivity index (χ1n) is 9.02. The van der Waals surface area contributed by atoms with Gasteiger partial charge >= 0.3 is 5.97 Å². The zero-order valence-electron chi connectivity index (χ0n) is 14.4. The number of unbranched alkanes of at least 4 members (excludes halogenated alkanes) is 1. The molecule has 0 radical (unpaired) electrons. The highest BCUT2D eigenvalue weighted by Crippen LogP contribution is 2.40. The molecule has 3 rings (SSSR count). The highest BCUT2D eigenvalue weighted by Gasteiger charge is 2.38. The quantitative estimate of drug-likeness (QED) is 0.706. The lowest BCUT2D eigenvalue weighted by atomic mass is 9.71. The van der Waals surface area contributed by atoms with Gasteiger partial charge in [0.25, 0.3) is 0 Å². The van der Waals surface area contributed by atoms with Crippen molar-refractivity contribution in [1.29, 1.82) is 0 Å². The normalized spacial score (nSPS) is 16.5. The zero-order chi connectivity index (χ0) is 17.5. The Morgan fingerprint density at radius 1 is 1.20 bits per heavy atom. The van der Waals surface area contributed by atoms with Gasteiger partial charge in [-0.2, -0.15) is 5.10 Å². The summed E-state index contributed by atoms with van der Waals surface area (Å²) in [5.74, 6) is 0.112. The Morgan fingerprint density at radius 3 is 2.68 bits per heavy atom. The first-order valence-corrected chi connectivity index (χ1v) is 9.02. The molecule has 0 aromatic carbocycles. The molecule has 0 bridgehead atoms. The molecule has 0 amide bonds. The Bertz CT molecular complexity index is 662. The Labute approximate surface area is 147 Å². The summed E-state index contributed by atoms with van der Waals surface area (Å²) in [6.45, 7) is 0.584. The summed E-state index contributed by atoms with van der Waals surface area (Å²) < 4.78 is 5.73. The average molecular weight is 343 g/mol. The van der Waals surface area contributed by atoms with Gasteiger partial charge in [-0.05, 0) is 50.3 Å². The number of pyridine rings is 1. The van der Waals surface area contributed by atoms with Crippen LogP contribution < -0.4 is 4.74 Å². The topological polar surface area (TPSA) is 88.1 Å². The largest absolute Gasteiger partial charge is 0.492 e. The van der Waals surface area contributed by atoms with Gasteiger partial charge in [-0.3, -0.25) is 14.9 Å². The summed E-state index contributed by atoms with van der Waals surface area (Å²) in [4.78, 5) is 16.0. The molecule has 1 aliphatic carbocycles. The van der Waals surface area contributed by atoms with E-state index in [1.165, 1.54) is 6.42 Å². The second kappa shape index (κ2) is 8.14. The summed E-state index contributed by atoms with van der Waals surface area (Å²) in [7, 11) is 0. The van der Waals surface area contributed by atoms with Crippen LogP contribution in [-0.4, -0.2) is 32.9 Å². The number of nitrogens with one attached hydrogen (secondary N) is 1. The van der Waals surface area contributed by atoms with E-state index in [4.69, 9.17) is 4.74 Å². The fourth-order valence-corrected chi connectivity index (χ4v) is 3.58. The number of carbonyl (C=O) groups is 1. The van der Waals surface area contributed by atoms with E-state index in [0.29, 0.717) is 6.61 Å². The standard InChI is InChI=1S/C19H25N3O3/c23-18(24)19(9-2-1-3-10-19)11-4-5-13-25-15-6-7-16(20-14-15)17-8-12-21-22-17/h6-8,12,14H,1-5,9-11,13H2,(H,21,22)(H,23,24). The molecular formula is C19H25N3O3. The predicted octanol–water partition coefficient (Wildman–Crippen LogP) is 4.06. The maximum absolute atomic E-state index is 11.6. The molecular weight excluding hydrogens is 318 g/mol. The van der Waals surface area contributed by atoms with Crippen molar-refractivity contribution in [2.75, 3.05) is 6.61 Å². The van der Waals surface area contributed by atoms with Gasteiger partial charge in [0.1, 0.15) is 5.75 Å². The van der Waals surface area contributed by atoms with Crippen molar-refractivity contribution in [2.24, 2.45) is 5.41 Å². The average Bonchev–Trinajstić information content (AvgIpc) is 3.17. The molecule has 1 fully saturated rings. The van der Waals surface area contributed by atoms with Gasteiger partial charge in [-0.25, -0.2) is 0 Å². The lowest BCUT2D eigenvalue weighted by Crippen LogP contribution is -2.33. The molecule has 0 saturated heterocycles. The molecule has 2 aromatic rings. The third-order valence-corrected chi connectivity index (χ3v) is 5.10. The second-order valence-corrected chi connectivity index (χ2v) is 6.80. The van der Waals surface area contributed by atoms with Gasteiger partial charge in [0, 0.05) is 6.20 Å². The van der Waals surface area contributed by atoms with E-state index in [1.807, 2.05) is 18.2 Å². The first kappa shape index (κ1) is 17.5. The van der Waals surface area contributed by atoms with Crippen LogP contribution in [0.4, 0.5) is 0 Å². The van der Waals surface area contributed by atoms with E-state index in [0.717, 1.165) is 62.1 Å². The summed E-state index contributed by atoms with van der Waals surface area (Å²) >= 11 is 0. The van der Waals surface area contributed by atoms with Crippen LogP contribution in [0.3, 0.4) is 0 Å². The Morgan fingerprint density at radius 2 is 2.04 bits per heavy atom. The first-order chi connectivity index (χ1) is 12.2. The maximum Gasteiger partial charge on any atom is 0.309 e. The molecule has 1 aliphatic rings. The van der Waals surface area contributed by atoms with Crippen molar-refractivity contribution in [3.63, 3.8) is 0 Å². The minimum Gasteiger partial charge on any atom is -0.492 e. The van der Waals surface area contributed by atoms with Crippen molar-refractivity contribution >= 4 is 5.97 Å². The second-order valence-electron chi connectivity index (χ2n) is 6.80. The number of aromatic nitrogens is 3. The van der Waals surface area contributed by atoms with Gasteiger partial charge in [0.05, 0.1) is 29.6 Å². The van der Waals surface area contributed by atoms with Crippen LogP contribution in [0.15, 0.2) is 30.6 Å². The summed E-state index contributed by atoms with van der Waals surface area (Å²) in [5.41, 5.74) is 1.20. The highest BCUT2D eigenvalue weighted by atomic mass is 16.5. The SMILES string of the molecule is O=C(O)C1(CCCCOc2ccc(-c3ccn[nH]3)nc2)CCCCC1. The van der Waals surface area contributed by atoms with Crippen molar-refractivity contribution in [3.8, 4) is 17.1 Å². The number of nitrogens with zero attached hydrogens (tertiary/aromatic N) is 2. The van der Waals surface area contributed by atoms with E-state index < -0.39 is 11.4 Å². The van der Waals surface area contributed by atoms with Crippen LogP contribution in [0.1, 0.15) is 51.4 Å². The number of hydrogen-bond donors (Lipinski definition) is 2. The van der Waals surface area contributed by atoms with Crippen LogP contribution >= 0.6 is 0 Å². The Balaban J connectivity index is 1.41. The molecule has 25 heavy (non-hydrogen) atoms. The number of aromatic amines is 1. The van der Waals surface area contributed by atoms with Crippen molar-refractivity contribution in [2.45, 2.75) is 51.4 Å². The van der Waals surface area contributed by atoms with Gasteiger partial charge < -0.3 is 9.84 Å². The van der Waals surface area contributed by atoms with Crippen molar-refractivity contribution in [1.82, 2.24) is 15.2 Å². The van der Waals surface area contributed by atoms with Crippen LogP contribution in [0.2, 0.25) is 0 Å². The fraction of sp³-hybridized carbons (Fsp3) is 0.526. The molecule has 6 heteroatoms. The van der Waals surface area contributed by atoms with E-state index in [-0.39, 0.29) is 0 Å². The molecule has 0 unspecified atom stereocenters. The van der Waals surface area contributed by atoms with Gasteiger partial charge in [0.2, 0.25) is 0 Å². The van der Waals surface area contributed by atoms with E-state index in [1.54, 1.807) is 12.4 Å². The number of rotatable bonds is 8. The molecule has 6 nitrogen and oxygen atoms in total. The van der Waals surface area contributed by atoms with E-state index in [9.17, 15) is 9.90 Å². The summed E-state index contributed by atoms with van der Waals surface area (Å²) in [5, 5.41) is 16.4. The van der Waals surface area contributed by atoms with Gasteiger partial charge in [0.15, 0.2) is 0 Å². The molecule has 2 N–H and O–H groups in total. The van der Waals surface area contributed by atoms with Crippen LogP contribution in [0.25, 0.3) is 11.4 Å². The van der Waals surface area contributed by atoms with Crippen LogP contribution in [-0.2, 0) is 4.79 Å². The molecule has 0 aliphatic heterocycles. The van der Waals surface area contributed by atoms with Gasteiger partial charge in [-0.15, -0.1) is 0 Å². The highest BCUT2D eigenvalue weighted by molar-refractivity contribution is 5.74. The van der Waals surface area contributed by atoms with Crippen molar-refractivity contribution in [3.05, 3.63) is 30.6 Å². The predicted molar refractivity (Wildman–Crippen MR) is 94.3 cm³/mol. The lowest BCUT2D eigenvalue weighted by Gasteiger charge is -2.33. The zero-order valence-corrected chi connectivity index (χ0v) is 14.4. The number of ether oxygens (including phenoxy) is 1. The smallest absolute Gasteiger partial charge is 0.309 e. The summed E-state index contributed by atoms with van der Waals surface area (Å²) in [6.07, 6.45) is 10.8. The molecule has 2 heterocycles. The van der Waals surface area contributed by atoms with Crippen LogP contribution in [0.5, 0.6) is 5.75 Å². The molecule has 2 aromatic heterocycles. The minimum atomic E-state index is -0.619. The Hall–Kier alpha value is -2.37. The summed E-state index contributed by atoms with van der Waals surface area (Å²) in [6, 6.07) is 5.65. The van der Waals surface area contributed by atoms with Crippen LogP contribution in [0, 0.1) is 5.41 Å². The van der Waals surface area contributed by atoms with E-state index in [2.05, 4.69) is 15.2 Å². The molecule has 134 valence electrons. The maximum atomic E-state index is 11.6. The third-order valence-electron chi connectivity index (χ3n) is 5.10. The monoisotopic (exact) mass is 343 g/mol. The fourth-order valence-electron chi connectivity index (χ4n) is 3.58. The van der Waals surface area contributed by atoms with E-state index >= 15 is 0 Å². The molecule has 0 atom stereocenters. The number of carboxylic acids is 1. The number of hydrogen-bond acceptors (Lipinski definition) is 4. The number of carboxylic acid groups (broad SMARTS) is 1. The van der Waals surface area contributed by atoms with Crippen molar-refractivity contribution < 1.29 is 14.6 Å². The minimum absolute atomic E-state index is 0.495. The van der Waals surface area contributed by atoms with Gasteiger partial charge in [-0.1, -0.05) is 19.3 Å². The lowest BCUT2D eigenvalue weighted by molar-refractivity contribution is -0.151. The number of H-pyrrole nitrogens is 1. The molecule has 0 spiro atoms. The Kier molecular flexibility index (Phi) is 5.68. The third kappa shape index (κ3) is 4.38. The number of aliphatic carboxylic acids is 1.